The molecule has 16 heavy (non-hydrogen) atoms. The van der Waals surface area contributed by atoms with Crippen molar-refractivity contribution in [3.8, 4) is 0 Å². The van der Waals surface area contributed by atoms with Crippen LogP contribution >= 0.6 is 15.9 Å². The van der Waals surface area contributed by atoms with Gasteiger partial charge in [-0.15, -0.1) is 0 Å². The van der Waals surface area contributed by atoms with Crippen molar-refractivity contribution in [2.75, 3.05) is 5.33 Å². The van der Waals surface area contributed by atoms with Crippen LogP contribution < -0.4 is 0 Å². The number of carbonyl (C=O) groups is 1. The smallest absolute Gasteiger partial charge is 0.275 e. The van der Waals surface area contributed by atoms with E-state index >= 15 is 0 Å². The molecule has 0 radical (unpaired) electrons. The molecule has 0 bridgehead atoms. The van der Waals surface area contributed by atoms with E-state index < -0.39 is 21.2 Å². The van der Waals surface area contributed by atoms with E-state index in [0.29, 0.717) is 5.33 Å². The molecular formula is C10H11BrO4S. The molecule has 0 fully saturated rings. The van der Waals surface area contributed by atoms with Crippen LogP contribution in [0.1, 0.15) is 16.8 Å². The summed E-state index contributed by atoms with van der Waals surface area (Å²) in [5, 5.41) is -1.06. The zero-order chi connectivity index (χ0) is 12.2. The number of hydrogen-bond acceptors (Lipinski definition) is 3. The number of hydrogen-bond donors (Lipinski definition) is 1. The van der Waals surface area contributed by atoms with Gasteiger partial charge in [0.1, 0.15) is 0 Å². The average Bonchev–Trinajstić information content (AvgIpc) is 2.25. The van der Waals surface area contributed by atoms with Gasteiger partial charge in [0.05, 0.1) is 0 Å². The molecule has 0 aliphatic heterocycles. The number of Topliss-reactive ketones (excluding diaryl/α,β-unsaturated/α-hetero) is 1. The van der Waals surface area contributed by atoms with Crippen molar-refractivity contribution in [3.05, 3.63) is 35.9 Å². The fourth-order valence-corrected chi connectivity index (χ4v) is 2.89. The number of halogens is 1. The Kier molecular flexibility index (Phi) is 4.64. The van der Waals surface area contributed by atoms with E-state index in [-0.39, 0.29) is 12.0 Å². The molecule has 1 N–H and O–H groups in total. The summed E-state index contributed by atoms with van der Waals surface area (Å²) >= 11 is 3.06. The van der Waals surface area contributed by atoms with Crippen LogP contribution in [0.3, 0.4) is 0 Å². The molecule has 88 valence electrons. The monoisotopic (exact) mass is 306 g/mol. The minimum atomic E-state index is -4.35. The molecule has 0 spiro atoms. The highest BCUT2D eigenvalue weighted by Gasteiger charge is 2.30. The predicted molar refractivity (Wildman–Crippen MR) is 64.5 cm³/mol. The second kappa shape index (κ2) is 5.56. The van der Waals surface area contributed by atoms with Crippen molar-refractivity contribution in [3.63, 3.8) is 0 Å². The third-order valence-corrected chi connectivity index (χ3v) is 3.71. The van der Waals surface area contributed by atoms with Crippen molar-refractivity contribution in [2.24, 2.45) is 0 Å². The summed E-state index contributed by atoms with van der Waals surface area (Å²) in [4.78, 5) is 11.8. The van der Waals surface area contributed by atoms with E-state index in [1.54, 1.807) is 18.2 Å². The van der Waals surface area contributed by atoms with E-state index in [9.17, 15) is 13.2 Å². The Bertz CT molecular complexity index is 455. The number of benzene rings is 1. The van der Waals surface area contributed by atoms with Crippen LogP contribution in [0.2, 0.25) is 0 Å². The molecule has 1 aromatic rings. The summed E-state index contributed by atoms with van der Waals surface area (Å²) in [7, 11) is -4.35. The van der Waals surface area contributed by atoms with E-state index in [1.807, 2.05) is 0 Å². The summed E-state index contributed by atoms with van der Waals surface area (Å²) in [6.07, 6.45) is 0.0482. The normalized spacial score (nSPS) is 13.4. The van der Waals surface area contributed by atoms with Crippen LogP contribution in [0.4, 0.5) is 0 Å². The lowest BCUT2D eigenvalue weighted by atomic mass is 10.1. The van der Waals surface area contributed by atoms with Crippen LogP contribution in [0.5, 0.6) is 0 Å². The minimum Gasteiger partial charge on any atom is -0.293 e. The van der Waals surface area contributed by atoms with Gasteiger partial charge in [-0.2, -0.15) is 8.42 Å². The molecule has 1 rings (SSSR count). The van der Waals surface area contributed by atoms with E-state index in [1.165, 1.54) is 12.1 Å². The van der Waals surface area contributed by atoms with Gasteiger partial charge < -0.3 is 0 Å². The summed E-state index contributed by atoms with van der Waals surface area (Å²) in [5.41, 5.74) is 0.283. The number of rotatable bonds is 5. The highest BCUT2D eigenvalue weighted by molar-refractivity contribution is 9.09. The van der Waals surface area contributed by atoms with Gasteiger partial charge in [0.2, 0.25) is 0 Å². The lowest BCUT2D eigenvalue weighted by Gasteiger charge is -2.10. The molecule has 0 saturated heterocycles. The largest absolute Gasteiger partial charge is 0.293 e. The van der Waals surface area contributed by atoms with Gasteiger partial charge in [0.25, 0.3) is 10.1 Å². The summed E-state index contributed by atoms with van der Waals surface area (Å²) in [5.74, 6) is -0.581. The summed E-state index contributed by atoms with van der Waals surface area (Å²) in [6, 6.07) is 8.05. The molecule has 1 aromatic carbocycles. The Labute approximate surface area is 103 Å². The SMILES string of the molecule is O=C(c1ccccc1)C(CCBr)S(=O)(=O)O. The number of carbonyl (C=O) groups excluding carboxylic acids is 1. The molecule has 0 amide bonds. The molecule has 0 heterocycles. The zero-order valence-electron chi connectivity index (χ0n) is 8.34. The van der Waals surface area contributed by atoms with Crippen LogP contribution in [-0.4, -0.2) is 29.3 Å². The second-order valence-corrected chi connectivity index (χ2v) is 5.60. The Morgan fingerprint density at radius 2 is 1.88 bits per heavy atom. The Hall–Kier alpha value is -0.720. The first-order valence-electron chi connectivity index (χ1n) is 4.58. The summed E-state index contributed by atoms with van der Waals surface area (Å²) in [6.45, 7) is 0. The Morgan fingerprint density at radius 3 is 2.31 bits per heavy atom. The molecule has 1 unspecified atom stereocenters. The molecular weight excluding hydrogens is 296 g/mol. The second-order valence-electron chi connectivity index (χ2n) is 3.21. The van der Waals surface area contributed by atoms with Gasteiger partial charge in [-0.1, -0.05) is 46.3 Å². The van der Waals surface area contributed by atoms with E-state index in [4.69, 9.17) is 4.55 Å². The standard InChI is InChI=1S/C10H11BrO4S/c11-7-6-9(16(13,14)15)10(12)8-4-2-1-3-5-8/h1-5,9H,6-7H2,(H,13,14,15). The Morgan fingerprint density at radius 1 is 1.31 bits per heavy atom. The van der Waals surface area contributed by atoms with Gasteiger partial charge in [0, 0.05) is 10.9 Å². The average molecular weight is 307 g/mol. The van der Waals surface area contributed by atoms with Crippen LogP contribution in [0, 0.1) is 0 Å². The van der Waals surface area contributed by atoms with Crippen LogP contribution in [0.25, 0.3) is 0 Å². The number of ketones is 1. The fraction of sp³-hybridized carbons (Fsp3) is 0.300. The van der Waals surface area contributed by atoms with Crippen LogP contribution in [-0.2, 0) is 10.1 Å². The molecule has 1 atom stereocenters. The maximum absolute atomic E-state index is 11.8. The van der Waals surface area contributed by atoms with Crippen molar-refractivity contribution >= 4 is 31.8 Å². The maximum atomic E-state index is 11.8. The van der Waals surface area contributed by atoms with Gasteiger partial charge in [-0.05, 0) is 6.42 Å². The molecule has 0 saturated carbocycles. The van der Waals surface area contributed by atoms with E-state index in [2.05, 4.69) is 15.9 Å². The van der Waals surface area contributed by atoms with Crippen LogP contribution in [0.15, 0.2) is 30.3 Å². The van der Waals surface area contributed by atoms with Crippen molar-refractivity contribution in [1.82, 2.24) is 0 Å². The van der Waals surface area contributed by atoms with Crippen molar-refractivity contribution in [1.29, 1.82) is 0 Å². The first kappa shape index (κ1) is 13.3. The van der Waals surface area contributed by atoms with Gasteiger partial charge in [0.15, 0.2) is 11.0 Å². The third kappa shape index (κ3) is 3.40. The van der Waals surface area contributed by atoms with Gasteiger partial charge >= 0.3 is 0 Å². The molecule has 0 aliphatic rings. The highest BCUT2D eigenvalue weighted by Crippen LogP contribution is 2.14. The van der Waals surface area contributed by atoms with Crippen molar-refractivity contribution < 1.29 is 17.8 Å². The minimum absolute atomic E-state index is 0.0482. The van der Waals surface area contributed by atoms with Gasteiger partial charge in [-0.3, -0.25) is 9.35 Å². The number of alkyl halides is 1. The third-order valence-electron chi connectivity index (χ3n) is 2.08. The first-order valence-corrected chi connectivity index (χ1v) is 7.21. The lowest BCUT2D eigenvalue weighted by molar-refractivity contribution is 0.0983. The highest BCUT2D eigenvalue weighted by atomic mass is 79.9. The first-order chi connectivity index (χ1) is 7.46. The molecule has 4 nitrogen and oxygen atoms in total. The quantitative estimate of drug-likeness (QED) is 0.512. The topological polar surface area (TPSA) is 71.4 Å². The summed E-state index contributed by atoms with van der Waals surface area (Å²) < 4.78 is 31.1. The maximum Gasteiger partial charge on any atom is 0.275 e. The fourth-order valence-electron chi connectivity index (χ4n) is 1.30. The Balaban J connectivity index is 3.02. The zero-order valence-corrected chi connectivity index (χ0v) is 10.7. The predicted octanol–water partition coefficient (Wildman–Crippen LogP) is 1.91. The molecule has 6 heteroatoms. The van der Waals surface area contributed by atoms with Gasteiger partial charge in [-0.25, -0.2) is 0 Å². The van der Waals surface area contributed by atoms with E-state index in [0.717, 1.165) is 0 Å². The molecule has 0 aliphatic carbocycles. The van der Waals surface area contributed by atoms with Crippen molar-refractivity contribution in [2.45, 2.75) is 11.7 Å². The molecule has 0 aromatic heterocycles. The lowest BCUT2D eigenvalue weighted by Crippen LogP contribution is -2.30.